The number of fused-ring (bicyclic) bond motifs is 1. The Hall–Kier alpha value is -0.860. The van der Waals surface area contributed by atoms with E-state index in [1.165, 1.54) is 43.2 Å². The lowest BCUT2D eigenvalue weighted by atomic mass is 9.89. The highest BCUT2D eigenvalue weighted by Gasteiger charge is 2.42. The van der Waals surface area contributed by atoms with Crippen molar-refractivity contribution in [1.82, 2.24) is 0 Å². The van der Waals surface area contributed by atoms with E-state index in [2.05, 4.69) is 24.3 Å². The van der Waals surface area contributed by atoms with Crippen molar-refractivity contribution in [3.8, 4) is 0 Å². The molecule has 1 saturated carbocycles. The largest absolute Gasteiger partial charge is 0.373 e. The van der Waals surface area contributed by atoms with Crippen LogP contribution in [0.5, 0.6) is 0 Å². The van der Waals surface area contributed by atoms with Crippen LogP contribution in [0.15, 0.2) is 24.3 Å². The summed E-state index contributed by atoms with van der Waals surface area (Å²) in [5.41, 5.74) is 9.02. The van der Waals surface area contributed by atoms with Crippen LogP contribution in [0.3, 0.4) is 0 Å². The van der Waals surface area contributed by atoms with Crippen LogP contribution >= 0.6 is 0 Å². The molecule has 0 aliphatic heterocycles. The quantitative estimate of drug-likeness (QED) is 0.864. The molecule has 0 heterocycles. The Bertz CT molecular complexity index is 411. The third kappa shape index (κ3) is 2.45. The molecule has 2 heteroatoms. The molecule has 3 rings (SSSR count). The first-order valence-corrected chi connectivity index (χ1v) is 7.22. The first-order valence-electron chi connectivity index (χ1n) is 7.22. The summed E-state index contributed by atoms with van der Waals surface area (Å²) >= 11 is 0. The standard InChI is InChI=1S/C16H23NO/c17-11-10-16(8-9-16)12-18-15-7-3-5-13-4-1-2-6-14(13)15/h1-2,4,6,15H,3,5,7-12,17H2. The van der Waals surface area contributed by atoms with E-state index >= 15 is 0 Å². The second-order valence-corrected chi connectivity index (χ2v) is 5.93. The summed E-state index contributed by atoms with van der Waals surface area (Å²) in [4.78, 5) is 0. The van der Waals surface area contributed by atoms with E-state index in [1.807, 2.05) is 0 Å². The molecule has 2 N–H and O–H groups in total. The zero-order valence-electron chi connectivity index (χ0n) is 11.0. The van der Waals surface area contributed by atoms with Gasteiger partial charge in [-0.25, -0.2) is 0 Å². The van der Waals surface area contributed by atoms with E-state index in [1.54, 1.807) is 0 Å². The van der Waals surface area contributed by atoms with Crippen LogP contribution in [0.4, 0.5) is 0 Å². The molecule has 0 aromatic heterocycles. The van der Waals surface area contributed by atoms with Gasteiger partial charge >= 0.3 is 0 Å². The number of aryl methyl sites for hydroxylation is 1. The second kappa shape index (κ2) is 5.02. The molecule has 2 aliphatic rings. The van der Waals surface area contributed by atoms with Gasteiger partial charge in [-0.2, -0.15) is 0 Å². The molecule has 1 aromatic rings. The summed E-state index contributed by atoms with van der Waals surface area (Å²) in [5, 5.41) is 0. The minimum absolute atomic E-state index is 0.324. The summed E-state index contributed by atoms with van der Waals surface area (Å²) in [6, 6.07) is 8.75. The first-order chi connectivity index (χ1) is 8.83. The number of hydrogen-bond acceptors (Lipinski definition) is 2. The molecular weight excluding hydrogens is 222 g/mol. The highest BCUT2D eigenvalue weighted by Crippen LogP contribution is 2.49. The number of hydrogen-bond donors (Lipinski definition) is 1. The van der Waals surface area contributed by atoms with Gasteiger partial charge in [0.15, 0.2) is 0 Å². The van der Waals surface area contributed by atoms with Crippen molar-refractivity contribution in [1.29, 1.82) is 0 Å². The molecule has 1 atom stereocenters. The topological polar surface area (TPSA) is 35.2 Å². The van der Waals surface area contributed by atoms with Crippen molar-refractivity contribution < 1.29 is 4.74 Å². The van der Waals surface area contributed by atoms with Gasteiger partial charge in [0.1, 0.15) is 0 Å². The average Bonchev–Trinajstić information content (AvgIpc) is 3.17. The van der Waals surface area contributed by atoms with E-state index < -0.39 is 0 Å². The van der Waals surface area contributed by atoms with Crippen molar-refractivity contribution in [2.24, 2.45) is 11.1 Å². The van der Waals surface area contributed by atoms with Crippen LogP contribution in [-0.4, -0.2) is 13.2 Å². The van der Waals surface area contributed by atoms with Crippen molar-refractivity contribution in [2.45, 2.75) is 44.6 Å². The highest BCUT2D eigenvalue weighted by molar-refractivity contribution is 5.31. The van der Waals surface area contributed by atoms with Crippen LogP contribution in [0.25, 0.3) is 0 Å². The molecule has 0 spiro atoms. The molecule has 0 radical (unpaired) electrons. The van der Waals surface area contributed by atoms with E-state index in [-0.39, 0.29) is 0 Å². The van der Waals surface area contributed by atoms with E-state index in [0.29, 0.717) is 11.5 Å². The van der Waals surface area contributed by atoms with E-state index in [0.717, 1.165) is 19.6 Å². The molecule has 1 aromatic carbocycles. The molecule has 2 aliphatic carbocycles. The molecule has 18 heavy (non-hydrogen) atoms. The molecule has 0 amide bonds. The molecule has 1 unspecified atom stereocenters. The average molecular weight is 245 g/mol. The Morgan fingerprint density at radius 1 is 1.28 bits per heavy atom. The Kier molecular flexibility index (Phi) is 3.40. The molecule has 0 bridgehead atoms. The van der Waals surface area contributed by atoms with Crippen LogP contribution in [0.1, 0.15) is 49.3 Å². The predicted molar refractivity (Wildman–Crippen MR) is 73.4 cm³/mol. The highest BCUT2D eigenvalue weighted by atomic mass is 16.5. The summed E-state index contributed by atoms with van der Waals surface area (Å²) in [6.45, 7) is 1.70. The predicted octanol–water partition coefficient (Wildman–Crippen LogP) is 3.21. The lowest BCUT2D eigenvalue weighted by Gasteiger charge is -2.27. The summed E-state index contributed by atoms with van der Waals surface area (Å²) in [7, 11) is 0. The third-order valence-corrected chi connectivity index (χ3v) is 4.54. The number of ether oxygens (including phenoxy) is 1. The fourth-order valence-corrected chi connectivity index (χ4v) is 3.11. The zero-order chi connectivity index (χ0) is 12.4. The van der Waals surface area contributed by atoms with Crippen LogP contribution < -0.4 is 5.73 Å². The van der Waals surface area contributed by atoms with Crippen LogP contribution in [0.2, 0.25) is 0 Å². The Labute approximate surface area is 110 Å². The van der Waals surface area contributed by atoms with Gasteiger partial charge in [0.2, 0.25) is 0 Å². The second-order valence-electron chi connectivity index (χ2n) is 5.93. The smallest absolute Gasteiger partial charge is 0.0828 e. The Morgan fingerprint density at radius 3 is 2.89 bits per heavy atom. The van der Waals surface area contributed by atoms with Gasteiger partial charge in [-0.1, -0.05) is 24.3 Å². The van der Waals surface area contributed by atoms with Crippen molar-refractivity contribution in [3.63, 3.8) is 0 Å². The normalized spacial score (nSPS) is 24.6. The van der Waals surface area contributed by atoms with E-state index in [4.69, 9.17) is 10.5 Å². The SMILES string of the molecule is NCCC1(COC2CCCc3ccccc32)CC1. The van der Waals surface area contributed by atoms with Gasteiger partial charge in [0, 0.05) is 0 Å². The fourth-order valence-electron chi connectivity index (χ4n) is 3.11. The summed E-state index contributed by atoms with van der Waals surface area (Å²) in [5.74, 6) is 0. The van der Waals surface area contributed by atoms with E-state index in [9.17, 15) is 0 Å². The summed E-state index contributed by atoms with van der Waals surface area (Å²) < 4.78 is 6.23. The van der Waals surface area contributed by atoms with Gasteiger partial charge in [0.05, 0.1) is 12.7 Å². The molecule has 2 nitrogen and oxygen atoms in total. The van der Waals surface area contributed by atoms with Gasteiger partial charge in [-0.15, -0.1) is 0 Å². The van der Waals surface area contributed by atoms with Gasteiger partial charge in [-0.3, -0.25) is 0 Å². The minimum atomic E-state index is 0.324. The van der Waals surface area contributed by atoms with Crippen molar-refractivity contribution in [2.75, 3.05) is 13.2 Å². The van der Waals surface area contributed by atoms with Crippen molar-refractivity contribution >= 4 is 0 Å². The van der Waals surface area contributed by atoms with Crippen LogP contribution in [0, 0.1) is 5.41 Å². The monoisotopic (exact) mass is 245 g/mol. The Balaban J connectivity index is 1.64. The van der Waals surface area contributed by atoms with Crippen molar-refractivity contribution in [3.05, 3.63) is 35.4 Å². The Morgan fingerprint density at radius 2 is 2.11 bits per heavy atom. The lowest BCUT2D eigenvalue weighted by molar-refractivity contribution is 0.00975. The minimum Gasteiger partial charge on any atom is -0.373 e. The maximum atomic E-state index is 6.23. The third-order valence-electron chi connectivity index (χ3n) is 4.54. The lowest BCUT2D eigenvalue weighted by Crippen LogP contribution is -2.20. The molecule has 1 fully saturated rings. The molecular formula is C16H23NO. The maximum absolute atomic E-state index is 6.23. The van der Waals surface area contributed by atoms with Gasteiger partial charge < -0.3 is 10.5 Å². The van der Waals surface area contributed by atoms with Crippen LogP contribution in [-0.2, 0) is 11.2 Å². The first kappa shape index (κ1) is 12.2. The van der Waals surface area contributed by atoms with Gasteiger partial charge in [0.25, 0.3) is 0 Å². The number of benzene rings is 1. The zero-order valence-corrected chi connectivity index (χ0v) is 11.0. The number of nitrogens with two attached hydrogens (primary N) is 1. The number of rotatable bonds is 5. The molecule has 98 valence electrons. The van der Waals surface area contributed by atoms with Gasteiger partial charge in [-0.05, 0) is 61.6 Å². The fraction of sp³-hybridized carbons (Fsp3) is 0.625. The maximum Gasteiger partial charge on any atom is 0.0828 e. The summed E-state index contributed by atoms with van der Waals surface area (Å²) in [6.07, 6.45) is 7.70. The molecule has 0 saturated heterocycles.